The van der Waals surface area contributed by atoms with Gasteiger partial charge in [-0.2, -0.15) is 0 Å². The molecule has 23 heavy (non-hydrogen) atoms. The number of aromatic nitrogens is 2. The Kier molecular flexibility index (Phi) is 5.91. The van der Waals surface area contributed by atoms with Crippen molar-refractivity contribution in [2.75, 3.05) is 13.1 Å². The summed E-state index contributed by atoms with van der Waals surface area (Å²) in [5.41, 5.74) is 1.81. The molecular formula is C17H22N4O2. The van der Waals surface area contributed by atoms with Crippen LogP contribution in [0.25, 0.3) is 11.0 Å². The zero-order chi connectivity index (χ0) is 16.7. The van der Waals surface area contributed by atoms with Crippen molar-refractivity contribution in [2.45, 2.75) is 26.3 Å². The first-order chi connectivity index (χ1) is 11.1. The van der Waals surface area contributed by atoms with Gasteiger partial charge in [0.25, 0.3) is 0 Å². The number of rotatable bonds is 8. The monoisotopic (exact) mass is 314 g/mol. The number of carbonyl (C=O) groups excluding carboxylic acids is 2. The van der Waals surface area contributed by atoms with Crippen LogP contribution in [-0.2, 0) is 22.6 Å². The SMILES string of the molecule is C=CCNC(=O)Cn1c(CCCNC(C)=O)nc2ccccc21. The molecule has 0 radical (unpaired) electrons. The largest absolute Gasteiger partial charge is 0.356 e. The molecule has 2 aromatic rings. The van der Waals surface area contributed by atoms with Gasteiger partial charge in [-0.1, -0.05) is 18.2 Å². The fourth-order valence-corrected chi connectivity index (χ4v) is 2.39. The maximum Gasteiger partial charge on any atom is 0.240 e. The minimum Gasteiger partial charge on any atom is -0.356 e. The summed E-state index contributed by atoms with van der Waals surface area (Å²) in [5.74, 6) is 0.740. The highest BCUT2D eigenvalue weighted by atomic mass is 16.2. The fraction of sp³-hybridized carbons (Fsp3) is 0.353. The Morgan fingerprint density at radius 2 is 2.09 bits per heavy atom. The lowest BCUT2D eigenvalue weighted by atomic mass is 10.3. The summed E-state index contributed by atoms with van der Waals surface area (Å²) < 4.78 is 1.93. The Balaban J connectivity index is 2.14. The fourth-order valence-electron chi connectivity index (χ4n) is 2.39. The molecule has 2 rings (SSSR count). The van der Waals surface area contributed by atoms with Crippen molar-refractivity contribution in [3.8, 4) is 0 Å². The second-order valence-corrected chi connectivity index (χ2v) is 5.28. The van der Waals surface area contributed by atoms with Crippen LogP contribution in [0.4, 0.5) is 0 Å². The molecule has 0 aliphatic heterocycles. The molecule has 1 aromatic carbocycles. The molecule has 2 amide bonds. The third kappa shape index (κ3) is 4.67. The average Bonchev–Trinajstić information content (AvgIpc) is 2.87. The van der Waals surface area contributed by atoms with Gasteiger partial charge in [0.1, 0.15) is 12.4 Å². The van der Waals surface area contributed by atoms with Gasteiger partial charge in [0.2, 0.25) is 11.8 Å². The summed E-state index contributed by atoms with van der Waals surface area (Å²) in [6.45, 7) is 6.36. The van der Waals surface area contributed by atoms with E-state index in [0.29, 0.717) is 19.5 Å². The maximum atomic E-state index is 12.0. The molecule has 0 aliphatic carbocycles. The maximum absolute atomic E-state index is 12.0. The van der Waals surface area contributed by atoms with E-state index in [0.717, 1.165) is 23.3 Å². The van der Waals surface area contributed by atoms with Crippen LogP contribution in [0.2, 0.25) is 0 Å². The molecule has 0 aliphatic rings. The van der Waals surface area contributed by atoms with Crippen molar-refractivity contribution in [1.29, 1.82) is 0 Å². The molecule has 0 atom stereocenters. The first-order valence-corrected chi connectivity index (χ1v) is 7.68. The highest BCUT2D eigenvalue weighted by Crippen LogP contribution is 2.17. The van der Waals surface area contributed by atoms with Gasteiger partial charge in [-0.25, -0.2) is 4.98 Å². The molecule has 0 saturated carbocycles. The number of amides is 2. The van der Waals surface area contributed by atoms with Gasteiger partial charge in [0, 0.05) is 26.4 Å². The van der Waals surface area contributed by atoms with Crippen molar-refractivity contribution >= 4 is 22.8 Å². The number of para-hydroxylation sites is 2. The second-order valence-electron chi connectivity index (χ2n) is 5.28. The number of nitrogens with zero attached hydrogens (tertiary/aromatic N) is 2. The minimum atomic E-state index is -0.0730. The summed E-state index contributed by atoms with van der Waals surface area (Å²) in [7, 11) is 0. The zero-order valence-corrected chi connectivity index (χ0v) is 13.3. The van der Waals surface area contributed by atoms with E-state index >= 15 is 0 Å². The first kappa shape index (κ1) is 16.7. The molecule has 0 spiro atoms. The topological polar surface area (TPSA) is 76.0 Å². The van der Waals surface area contributed by atoms with Crippen molar-refractivity contribution in [3.63, 3.8) is 0 Å². The number of hydrogen-bond donors (Lipinski definition) is 2. The van der Waals surface area contributed by atoms with Gasteiger partial charge >= 0.3 is 0 Å². The van der Waals surface area contributed by atoms with Crippen molar-refractivity contribution in [3.05, 3.63) is 42.7 Å². The summed E-state index contributed by atoms with van der Waals surface area (Å²) in [5, 5.41) is 5.55. The van der Waals surface area contributed by atoms with E-state index in [9.17, 15) is 9.59 Å². The Morgan fingerprint density at radius 1 is 1.30 bits per heavy atom. The zero-order valence-electron chi connectivity index (χ0n) is 13.3. The smallest absolute Gasteiger partial charge is 0.240 e. The van der Waals surface area contributed by atoms with E-state index in [-0.39, 0.29) is 18.4 Å². The Labute approximate surface area is 135 Å². The molecule has 1 heterocycles. The predicted molar refractivity (Wildman–Crippen MR) is 89.9 cm³/mol. The number of nitrogens with one attached hydrogen (secondary N) is 2. The highest BCUT2D eigenvalue weighted by molar-refractivity contribution is 5.81. The van der Waals surface area contributed by atoms with Gasteiger partial charge in [-0.3, -0.25) is 9.59 Å². The van der Waals surface area contributed by atoms with Gasteiger partial charge in [-0.05, 0) is 18.6 Å². The summed E-state index contributed by atoms with van der Waals surface area (Å²) >= 11 is 0. The molecule has 6 nitrogen and oxygen atoms in total. The van der Waals surface area contributed by atoms with Crippen LogP contribution in [0.1, 0.15) is 19.2 Å². The number of benzene rings is 1. The van der Waals surface area contributed by atoms with Crippen molar-refractivity contribution < 1.29 is 9.59 Å². The van der Waals surface area contributed by atoms with Gasteiger partial charge in [-0.15, -0.1) is 6.58 Å². The molecule has 122 valence electrons. The third-order valence-electron chi connectivity index (χ3n) is 3.43. The van der Waals surface area contributed by atoms with Crippen LogP contribution in [0.3, 0.4) is 0 Å². The van der Waals surface area contributed by atoms with Gasteiger partial charge < -0.3 is 15.2 Å². The van der Waals surface area contributed by atoms with Crippen LogP contribution in [0.15, 0.2) is 36.9 Å². The Hall–Kier alpha value is -2.63. The molecular weight excluding hydrogens is 292 g/mol. The van der Waals surface area contributed by atoms with E-state index in [2.05, 4.69) is 22.2 Å². The van der Waals surface area contributed by atoms with E-state index < -0.39 is 0 Å². The van der Waals surface area contributed by atoms with Crippen LogP contribution >= 0.6 is 0 Å². The second kappa shape index (κ2) is 8.12. The Bertz CT molecular complexity index is 706. The quantitative estimate of drug-likeness (QED) is 0.571. The van der Waals surface area contributed by atoms with Crippen LogP contribution in [-0.4, -0.2) is 34.5 Å². The normalized spacial score (nSPS) is 10.5. The third-order valence-corrected chi connectivity index (χ3v) is 3.43. The lowest BCUT2D eigenvalue weighted by Crippen LogP contribution is -2.28. The van der Waals surface area contributed by atoms with Gasteiger partial charge in [0.15, 0.2) is 0 Å². The standard InChI is InChI=1S/C17H22N4O2/c1-3-10-19-17(23)12-21-15-8-5-4-7-14(15)20-16(21)9-6-11-18-13(2)22/h3-5,7-8H,1,6,9-12H2,2H3,(H,18,22)(H,19,23). The minimum absolute atomic E-state index is 0.0395. The van der Waals surface area contributed by atoms with Crippen LogP contribution in [0.5, 0.6) is 0 Å². The predicted octanol–water partition coefficient (Wildman–Crippen LogP) is 1.41. The lowest BCUT2D eigenvalue weighted by Gasteiger charge is -2.09. The molecule has 0 saturated heterocycles. The number of aryl methyl sites for hydroxylation is 1. The first-order valence-electron chi connectivity index (χ1n) is 7.68. The lowest BCUT2D eigenvalue weighted by molar-refractivity contribution is -0.121. The van der Waals surface area contributed by atoms with Crippen molar-refractivity contribution in [2.24, 2.45) is 0 Å². The van der Waals surface area contributed by atoms with Crippen LogP contribution in [0, 0.1) is 0 Å². The van der Waals surface area contributed by atoms with E-state index in [1.165, 1.54) is 6.92 Å². The average molecular weight is 314 g/mol. The molecule has 6 heteroatoms. The number of hydrogen-bond acceptors (Lipinski definition) is 3. The number of imidazole rings is 1. The van der Waals surface area contributed by atoms with E-state index in [4.69, 9.17) is 0 Å². The number of carbonyl (C=O) groups is 2. The summed E-state index contributed by atoms with van der Waals surface area (Å²) in [6.07, 6.45) is 3.12. The molecule has 2 N–H and O–H groups in total. The Morgan fingerprint density at radius 3 is 2.83 bits per heavy atom. The van der Waals surface area contributed by atoms with E-state index in [1.807, 2.05) is 28.8 Å². The summed E-state index contributed by atoms with van der Waals surface area (Å²) in [4.78, 5) is 27.5. The van der Waals surface area contributed by atoms with Crippen LogP contribution < -0.4 is 10.6 Å². The number of fused-ring (bicyclic) bond motifs is 1. The van der Waals surface area contributed by atoms with Gasteiger partial charge in [0.05, 0.1) is 11.0 Å². The molecule has 0 unspecified atom stereocenters. The van der Waals surface area contributed by atoms with E-state index in [1.54, 1.807) is 6.08 Å². The molecule has 1 aromatic heterocycles. The highest BCUT2D eigenvalue weighted by Gasteiger charge is 2.13. The van der Waals surface area contributed by atoms with Crippen molar-refractivity contribution in [1.82, 2.24) is 20.2 Å². The molecule has 0 bridgehead atoms. The molecule has 0 fully saturated rings. The summed E-state index contributed by atoms with van der Waals surface area (Å²) in [6, 6.07) is 7.76.